The SMILES string of the molecule is Cc1c(-c2ccc(N3CCc4cccc(C(=O)Nc5nc6ccccc6s5)c4C3)nc2C(=O)O)cnn1CC12CC3(C)CC(C)(C1)CC(OCCN(CCS(=O)(=O)O)C1CN(C(=O)OCc4ccc(N(C(=O)[C@@H](NC(=O)CCCCCN5C(=O)C=CC5=O)C(C)C)[C@@H](CCCNC(N)=O)C(N)=O)cc4)C1)(C3)C2. The van der Waals surface area contributed by atoms with Crippen molar-refractivity contribution in [3.05, 3.63) is 131 Å². The number of imide groups is 1. The van der Waals surface area contributed by atoms with Gasteiger partial charge in [-0.25, -0.2) is 24.4 Å². The van der Waals surface area contributed by atoms with Gasteiger partial charge in [-0.2, -0.15) is 13.5 Å². The van der Waals surface area contributed by atoms with E-state index in [-0.39, 0.29) is 117 Å². The van der Waals surface area contributed by atoms with Crippen molar-refractivity contribution in [3.63, 3.8) is 0 Å². The summed E-state index contributed by atoms with van der Waals surface area (Å²) in [6.45, 7) is 12.6. The average molecular weight is 1510 g/mol. The molecule has 3 aromatic carbocycles. The third-order valence-corrected chi connectivity index (χ3v) is 23.5. The zero-order chi connectivity index (χ0) is 76.3. The predicted octanol–water partition coefficient (Wildman–Crippen LogP) is 7.98. The number of aromatic carboxylic acids is 1. The number of para-hydroxylation sites is 1. The first-order valence-corrected chi connectivity index (χ1v) is 38.9. The lowest BCUT2D eigenvalue weighted by molar-refractivity contribution is -0.249. The molecule has 9 N–H and O–H groups in total. The van der Waals surface area contributed by atoms with Crippen LogP contribution in [0.4, 0.5) is 26.2 Å². The largest absolute Gasteiger partial charge is 0.476 e. The zero-order valence-electron chi connectivity index (χ0n) is 60.9. The van der Waals surface area contributed by atoms with E-state index in [1.165, 1.54) is 33.3 Å². The minimum Gasteiger partial charge on any atom is -0.476 e. The number of nitrogens with zero attached hydrogens (tertiary/aromatic N) is 9. The Kier molecular flexibility index (Phi) is 22.7. The molecule has 29 nitrogen and oxygen atoms in total. The molecule has 1 saturated heterocycles. The molecule has 4 atom stereocenters. The Bertz CT molecular complexity index is 4500. The first-order valence-electron chi connectivity index (χ1n) is 36.5. The number of aromatic nitrogens is 4. The molecule has 0 radical (unpaired) electrons. The van der Waals surface area contributed by atoms with Crippen molar-refractivity contribution < 1.29 is 70.7 Å². The zero-order valence-corrected chi connectivity index (χ0v) is 62.6. The van der Waals surface area contributed by atoms with Gasteiger partial charge in [0, 0.05) is 112 Å². The Balaban J connectivity index is 0.664. The van der Waals surface area contributed by atoms with Crippen molar-refractivity contribution >= 4 is 102 Å². The number of carboxylic acids is 1. The standard InChI is InChI=1S/C76H94N14O15S2/c1-47(2)64(83-61(91)18-7-6-10-29-88-62(92)25-26-63(88)93)68(96)90(58(66(77)94)16-12-28-79-70(78)99)51-21-19-49(20-22-51)39-104-72(100)87-36-52(37-87)85(32-34-107(101,102)103)31-33-105-76-43-73(4)40-74(5,44-76)42-75(41-73,45-76)46-89-48(3)55(35-80-89)53-23-24-60(82-65(53)69(97)98)86-30-27-50-13-11-14-54(56(50)38-86)67(95)84-71-81-57-15-8-9-17-59(57)106-71/h8-9,11,13-15,17,19-26,35,47,52,58,64H,6-7,10,12,16,18,27-34,36-46H2,1-5H3,(H2,77,94)(H,83,91)(H,97,98)(H3,78,79,99)(H,81,84,95)(H,101,102,103)/t58-,64-,73?,74?,75?,76?/m0/s1. The summed E-state index contributed by atoms with van der Waals surface area (Å²) in [6, 6.07) is 20.0. The molecule has 6 aromatic rings. The van der Waals surface area contributed by atoms with Gasteiger partial charge in [0.25, 0.3) is 33.7 Å². The summed E-state index contributed by atoms with van der Waals surface area (Å²) in [5.41, 5.74) is 16.1. The van der Waals surface area contributed by atoms with E-state index in [0.717, 1.165) is 70.5 Å². The summed E-state index contributed by atoms with van der Waals surface area (Å²) in [5.74, 6) is -4.64. The quantitative estimate of drug-likeness (QED) is 0.0117. The van der Waals surface area contributed by atoms with Gasteiger partial charge >= 0.3 is 18.1 Å². The number of carboxylic acid groups (broad SMARTS) is 1. The molecule has 0 spiro atoms. The number of ether oxygens (including phenoxy) is 2. The molecule has 3 aliphatic heterocycles. The van der Waals surface area contributed by atoms with E-state index in [4.69, 9.17) is 31.0 Å². The molecule has 6 heterocycles. The van der Waals surface area contributed by atoms with Crippen LogP contribution >= 0.6 is 11.3 Å². The number of carbonyl (C=O) groups excluding carboxylic acids is 8. The number of urea groups is 1. The molecule has 2 unspecified atom stereocenters. The lowest BCUT2D eigenvalue weighted by atomic mass is 9.39. The van der Waals surface area contributed by atoms with Crippen molar-refractivity contribution in [3.8, 4) is 11.1 Å². The van der Waals surface area contributed by atoms with Crippen molar-refractivity contribution in [2.45, 2.75) is 162 Å². The molecular weight excluding hydrogens is 1410 g/mol. The van der Waals surface area contributed by atoms with E-state index >= 15 is 0 Å². The smallest absolute Gasteiger partial charge is 0.410 e. The summed E-state index contributed by atoms with van der Waals surface area (Å²) in [7, 11) is -4.37. The molecule has 570 valence electrons. The van der Waals surface area contributed by atoms with Crippen LogP contribution in [0.3, 0.4) is 0 Å². The summed E-state index contributed by atoms with van der Waals surface area (Å²) >= 11 is 1.40. The molecule has 107 heavy (non-hydrogen) atoms. The number of likely N-dealkylation sites (tertiary alicyclic amines) is 1. The van der Waals surface area contributed by atoms with Crippen LogP contribution in [-0.4, -0.2) is 188 Å². The van der Waals surface area contributed by atoms with Crippen LogP contribution in [0.15, 0.2) is 97.2 Å². The van der Waals surface area contributed by atoms with Gasteiger partial charge in [0.05, 0.1) is 34.4 Å². The minimum absolute atomic E-state index is 0.0153. The third-order valence-electron chi connectivity index (χ3n) is 21.9. The number of nitrogens with two attached hydrogens (primary N) is 2. The molecule has 4 aliphatic carbocycles. The Hall–Kier alpha value is -9.69. The van der Waals surface area contributed by atoms with Crippen LogP contribution in [0.2, 0.25) is 0 Å². The normalized spacial score (nSPS) is 21.6. The number of amides is 9. The van der Waals surface area contributed by atoms with Crippen molar-refractivity contribution in [1.82, 2.24) is 45.1 Å². The number of rotatable bonds is 33. The maximum atomic E-state index is 14.7. The molecule has 3 aromatic heterocycles. The number of pyridine rings is 1. The van der Waals surface area contributed by atoms with Gasteiger partial charge in [0.2, 0.25) is 11.8 Å². The highest BCUT2D eigenvalue weighted by atomic mass is 32.2. The summed E-state index contributed by atoms with van der Waals surface area (Å²) in [4.78, 5) is 135. The van der Waals surface area contributed by atoms with Crippen LogP contribution in [-0.2, 0) is 69.7 Å². The second-order valence-corrected chi connectivity index (χ2v) is 33.5. The lowest BCUT2D eigenvalue weighted by Gasteiger charge is -2.69. The molecule has 7 aliphatic rings. The van der Waals surface area contributed by atoms with Crippen LogP contribution in [0, 0.1) is 29.1 Å². The number of unbranched alkanes of at least 4 members (excludes halogenated alkanes) is 2. The number of hydrogen-bond acceptors (Lipinski definition) is 19. The second kappa shape index (κ2) is 31.6. The topological polar surface area (TPSA) is 395 Å². The summed E-state index contributed by atoms with van der Waals surface area (Å²) < 4.78 is 50.3. The fourth-order valence-electron chi connectivity index (χ4n) is 18.0. The molecule has 4 saturated carbocycles. The van der Waals surface area contributed by atoms with Gasteiger partial charge in [-0.05, 0) is 159 Å². The molecule has 13 rings (SSSR count). The van der Waals surface area contributed by atoms with E-state index in [0.29, 0.717) is 85.1 Å². The number of nitrogens with one attached hydrogen (secondary N) is 3. The van der Waals surface area contributed by atoms with Gasteiger partial charge in [-0.1, -0.05) is 81.9 Å². The molecule has 4 bridgehead atoms. The fraction of sp³-hybridized carbons (Fsp3) is 0.500. The maximum absolute atomic E-state index is 14.7. The van der Waals surface area contributed by atoms with Gasteiger partial charge in [-0.3, -0.25) is 58.0 Å². The van der Waals surface area contributed by atoms with E-state index in [2.05, 4.69) is 34.8 Å². The van der Waals surface area contributed by atoms with Crippen LogP contribution < -0.4 is 37.2 Å². The maximum Gasteiger partial charge on any atom is 0.410 e. The van der Waals surface area contributed by atoms with Gasteiger partial charge in [0.1, 0.15) is 24.5 Å². The molecule has 9 amide bonds. The highest BCUT2D eigenvalue weighted by Gasteiger charge is 2.66. The highest BCUT2D eigenvalue weighted by molar-refractivity contribution is 7.85. The Morgan fingerprint density at radius 1 is 0.832 bits per heavy atom. The van der Waals surface area contributed by atoms with E-state index in [1.54, 1.807) is 56.4 Å². The van der Waals surface area contributed by atoms with E-state index in [9.17, 15) is 61.2 Å². The Morgan fingerprint density at radius 3 is 2.24 bits per heavy atom. The number of carbonyl (C=O) groups is 9. The average Bonchev–Trinajstić information content (AvgIpc) is 0.728. The van der Waals surface area contributed by atoms with E-state index in [1.807, 2.05) is 63.9 Å². The third kappa shape index (κ3) is 17.8. The van der Waals surface area contributed by atoms with Crippen LogP contribution in [0.25, 0.3) is 21.3 Å². The lowest BCUT2D eigenvalue weighted by Crippen LogP contribution is -2.65. The highest BCUT2D eigenvalue weighted by Crippen LogP contribution is 2.72. The van der Waals surface area contributed by atoms with Gasteiger partial charge < -0.3 is 46.5 Å². The summed E-state index contributed by atoms with van der Waals surface area (Å²) in [6.07, 6.45) is 11.1. The van der Waals surface area contributed by atoms with Gasteiger partial charge in [0.15, 0.2) is 10.8 Å². The second-order valence-electron chi connectivity index (χ2n) is 30.9. The van der Waals surface area contributed by atoms with Crippen LogP contribution in [0.1, 0.15) is 148 Å². The fourth-order valence-corrected chi connectivity index (χ4v) is 19.3. The summed E-state index contributed by atoms with van der Waals surface area (Å²) in [5, 5.41) is 24.5. The number of hydrogen-bond donors (Lipinski definition) is 7. The van der Waals surface area contributed by atoms with E-state index < -0.39 is 75.3 Å². The number of benzene rings is 3. The van der Waals surface area contributed by atoms with Crippen molar-refractivity contribution in [2.75, 3.05) is 73.3 Å². The Labute approximate surface area is 624 Å². The molecule has 31 heteroatoms. The van der Waals surface area contributed by atoms with Crippen molar-refractivity contribution in [1.29, 1.82) is 0 Å². The van der Waals surface area contributed by atoms with Crippen molar-refractivity contribution in [2.24, 2.45) is 33.6 Å². The van der Waals surface area contributed by atoms with Crippen LogP contribution in [0.5, 0.6) is 0 Å². The number of fused-ring (bicyclic) bond motifs is 2. The monoisotopic (exact) mass is 1510 g/mol. The number of anilines is 3. The number of primary amides is 2. The molecule has 5 fully saturated rings. The first kappa shape index (κ1) is 76.9. The Morgan fingerprint density at radius 2 is 1.56 bits per heavy atom. The first-order chi connectivity index (χ1) is 50.9. The predicted molar refractivity (Wildman–Crippen MR) is 399 cm³/mol. The van der Waals surface area contributed by atoms with Gasteiger partial charge in [-0.15, -0.1) is 0 Å². The number of thiazole rings is 1. The minimum atomic E-state index is -4.37. The molecular formula is C76H94N14O15S2.